The summed E-state index contributed by atoms with van der Waals surface area (Å²) in [6, 6.07) is 3.61. The maximum Gasteiger partial charge on any atom is 0.239 e. The standard InChI is InChI=1S/C16H21F2N3O2.ClH/c1-10(22)21(2)9-16(23)20-15-8-19-6-5-12(15)11-3-4-13(17)14(18)7-11;/h3-4,7,12,15,19H,5-6,8-9H2,1-2H3,(H,20,23);1H. The Bertz CT molecular complexity index is 601. The number of likely N-dealkylation sites (N-methyl/N-ethyl adjacent to an activating group) is 1. The number of carbonyl (C=O) groups excluding carboxylic acids is 2. The van der Waals surface area contributed by atoms with Gasteiger partial charge in [-0.3, -0.25) is 9.59 Å². The van der Waals surface area contributed by atoms with E-state index in [2.05, 4.69) is 10.6 Å². The number of hydrogen-bond acceptors (Lipinski definition) is 3. The van der Waals surface area contributed by atoms with Crippen molar-refractivity contribution in [3.05, 3.63) is 35.4 Å². The molecule has 2 unspecified atom stereocenters. The van der Waals surface area contributed by atoms with E-state index >= 15 is 0 Å². The highest BCUT2D eigenvalue weighted by molar-refractivity contribution is 5.85. The Balaban J connectivity index is 0.00000288. The molecule has 2 rings (SSSR count). The molecule has 1 aliphatic heterocycles. The van der Waals surface area contributed by atoms with E-state index < -0.39 is 11.6 Å². The molecule has 24 heavy (non-hydrogen) atoms. The van der Waals surface area contributed by atoms with Crippen molar-refractivity contribution in [1.82, 2.24) is 15.5 Å². The number of nitrogens with one attached hydrogen (secondary N) is 2. The van der Waals surface area contributed by atoms with Crippen LogP contribution in [0.2, 0.25) is 0 Å². The summed E-state index contributed by atoms with van der Waals surface area (Å²) in [5.41, 5.74) is 0.663. The fourth-order valence-corrected chi connectivity index (χ4v) is 2.73. The largest absolute Gasteiger partial charge is 0.350 e. The molecule has 2 N–H and O–H groups in total. The number of halogens is 3. The summed E-state index contributed by atoms with van der Waals surface area (Å²) in [7, 11) is 1.55. The smallest absolute Gasteiger partial charge is 0.239 e. The number of carbonyl (C=O) groups is 2. The van der Waals surface area contributed by atoms with Crippen molar-refractivity contribution in [2.45, 2.75) is 25.3 Å². The van der Waals surface area contributed by atoms with E-state index in [0.29, 0.717) is 18.5 Å². The lowest BCUT2D eigenvalue weighted by atomic mass is 9.86. The van der Waals surface area contributed by atoms with Crippen molar-refractivity contribution in [3.63, 3.8) is 0 Å². The Kier molecular flexibility index (Phi) is 7.57. The first-order chi connectivity index (χ1) is 10.9. The van der Waals surface area contributed by atoms with Crippen LogP contribution in [0, 0.1) is 11.6 Å². The molecule has 0 spiro atoms. The van der Waals surface area contributed by atoms with Gasteiger partial charge in [0.1, 0.15) is 0 Å². The van der Waals surface area contributed by atoms with Crippen LogP contribution < -0.4 is 10.6 Å². The fourth-order valence-electron chi connectivity index (χ4n) is 2.73. The van der Waals surface area contributed by atoms with Gasteiger partial charge in [-0.05, 0) is 30.7 Å². The summed E-state index contributed by atoms with van der Waals surface area (Å²) >= 11 is 0. The van der Waals surface area contributed by atoms with Gasteiger partial charge in [0.2, 0.25) is 11.8 Å². The molecule has 1 fully saturated rings. The zero-order valence-electron chi connectivity index (χ0n) is 13.6. The monoisotopic (exact) mass is 361 g/mol. The predicted octanol–water partition coefficient (Wildman–Crippen LogP) is 1.43. The van der Waals surface area contributed by atoms with Crippen molar-refractivity contribution in [1.29, 1.82) is 0 Å². The van der Waals surface area contributed by atoms with E-state index in [4.69, 9.17) is 0 Å². The third kappa shape index (κ3) is 5.14. The second-order valence-electron chi connectivity index (χ2n) is 5.82. The highest BCUT2D eigenvalue weighted by atomic mass is 35.5. The van der Waals surface area contributed by atoms with E-state index in [1.165, 1.54) is 17.9 Å². The zero-order chi connectivity index (χ0) is 17.0. The molecular weight excluding hydrogens is 340 g/mol. The zero-order valence-corrected chi connectivity index (χ0v) is 14.5. The first-order valence-corrected chi connectivity index (χ1v) is 7.55. The van der Waals surface area contributed by atoms with Gasteiger partial charge in [0, 0.05) is 32.5 Å². The lowest BCUT2D eigenvalue weighted by molar-refractivity contribution is -0.133. The Morgan fingerprint density at radius 1 is 1.33 bits per heavy atom. The summed E-state index contributed by atoms with van der Waals surface area (Å²) in [6.07, 6.45) is 0.707. The Morgan fingerprint density at radius 3 is 2.67 bits per heavy atom. The van der Waals surface area contributed by atoms with E-state index in [-0.39, 0.29) is 42.7 Å². The molecule has 1 saturated heterocycles. The molecule has 1 heterocycles. The number of rotatable bonds is 4. The van der Waals surface area contributed by atoms with Gasteiger partial charge < -0.3 is 15.5 Å². The van der Waals surface area contributed by atoms with Crippen molar-refractivity contribution in [3.8, 4) is 0 Å². The first-order valence-electron chi connectivity index (χ1n) is 7.55. The van der Waals surface area contributed by atoms with Crippen LogP contribution in [-0.4, -0.2) is 49.4 Å². The van der Waals surface area contributed by atoms with Crippen LogP contribution in [0.15, 0.2) is 18.2 Å². The molecule has 134 valence electrons. The molecule has 0 bridgehead atoms. The average Bonchev–Trinajstić information content (AvgIpc) is 2.50. The molecule has 0 saturated carbocycles. The second kappa shape index (κ2) is 8.94. The summed E-state index contributed by atoms with van der Waals surface area (Å²) < 4.78 is 26.6. The molecule has 2 amide bonds. The van der Waals surface area contributed by atoms with E-state index in [1.54, 1.807) is 13.1 Å². The highest BCUT2D eigenvalue weighted by Crippen LogP contribution is 2.27. The van der Waals surface area contributed by atoms with Crippen LogP contribution in [0.5, 0.6) is 0 Å². The number of hydrogen-bond donors (Lipinski definition) is 2. The quantitative estimate of drug-likeness (QED) is 0.852. The van der Waals surface area contributed by atoms with Gasteiger partial charge in [0.25, 0.3) is 0 Å². The van der Waals surface area contributed by atoms with Crippen molar-refractivity contribution in [2.24, 2.45) is 0 Å². The summed E-state index contributed by atoms with van der Waals surface area (Å²) in [5, 5.41) is 6.05. The van der Waals surface area contributed by atoms with Crippen LogP contribution in [0.3, 0.4) is 0 Å². The molecule has 0 aromatic heterocycles. The first kappa shape index (κ1) is 20.3. The van der Waals surface area contributed by atoms with Crippen LogP contribution in [0.4, 0.5) is 8.78 Å². The molecule has 1 aliphatic rings. The minimum atomic E-state index is -0.887. The topological polar surface area (TPSA) is 61.4 Å². The molecule has 0 radical (unpaired) electrons. The molecule has 1 aromatic carbocycles. The highest BCUT2D eigenvalue weighted by Gasteiger charge is 2.28. The van der Waals surface area contributed by atoms with Crippen molar-refractivity contribution in [2.75, 3.05) is 26.7 Å². The average molecular weight is 362 g/mol. The van der Waals surface area contributed by atoms with Gasteiger partial charge in [-0.25, -0.2) is 8.78 Å². The summed E-state index contributed by atoms with van der Waals surface area (Å²) in [4.78, 5) is 24.6. The molecule has 8 heteroatoms. The van der Waals surface area contributed by atoms with E-state index in [1.807, 2.05) is 0 Å². The predicted molar refractivity (Wildman–Crippen MR) is 89.1 cm³/mol. The normalized spacial score (nSPS) is 20.0. The number of nitrogens with zero attached hydrogens (tertiary/aromatic N) is 1. The van der Waals surface area contributed by atoms with Crippen LogP contribution in [0.25, 0.3) is 0 Å². The maximum absolute atomic E-state index is 13.5. The minimum Gasteiger partial charge on any atom is -0.350 e. The Labute approximate surface area is 146 Å². The van der Waals surface area contributed by atoms with Crippen LogP contribution in [0.1, 0.15) is 24.8 Å². The molecule has 0 aliphatic carbocycles. The summed E-state index contributed by atoms with van der Waals surface area (Å²) in [5.74, 6) is -2.34. The van der Waals surface area contributed by atoms with Gasteiger partial charge in [-0.15, -0.1) is 12.4 Å². The number of amides is 2. The minimum absolute atomic E-state index is 0. The van der Waals surface area contributed by atoms with Gasteiger partial charge in [0.05, 0.1) is 6.54 Å². The van der Waals surface area contributed by atoms with Crippen LogP contribution in [-0.2, 0) is 9.59 Å². The van der Waals surface area contributed by atoms with Gasteiger partial charge in [-0.2, -0.15) is 0 Å². The van der Waals surface area contributed by atoms with Crippen molar-refractivity contribution < 1.29 is 18.4 Å². The Morgan fingerprint density at radius 2 is 2.04 bits per heavy atom. The van der Waals surface area contributed by atoms with Gasteiger partial charge >= 0.3 is 0 Å². The summed E-state index contributed by atoms with van der Waals surface area (Å²) in [6.45, 7) is 2.64. The van der Waals surface area contributed by atoms with Crippen molar-refractivity contribution >= 4 is 24.2 Å². The Hall–Kier alpha value is -1.73. The third-order valence-corrected chi connectivity index (χ3v) is 4.12. The van der Waals surface area contributed by atoms with Crippen LogP contribution >= 0.6 is 12.4 Å². The maximum atomic E-state index is 13.5. The number of benzene rings is 1. The second-order valence-corrected chi connectivity index (χ2v) is 5.82. The SMILES string of the molecule is CC(=O)N(C)CC(=O)NC1CNCCC1c1ccc(F)c(F)c1.Cl. The van der Waals surface area contributed by atoms with E-state index in [9.17, 15) is 18.4 Å². The molecule has 5 nitrogen and oxygen atoms in total. The molecule has 1 aromatic rings. The molecular formula is C16H22ClF2N3O2. The number of piperidine rings is 1. The van der Waals surface area contributed by atoms with E-state index in [0.717, 1.165) is 12.6 Å². The van der Waals surface area contributed by atoms with Gasteiger partial charge in [-0.1, -0.05) is 6.07 Å². The lowest BCUT2D eigenvalue weighted by Gasteiger charge is -2.33. The molecule has 2 atom stereocenters. The fraction of sp³-hybridized carbons (Fsp3) is 0.500. The van der Waals surface area contributed by atoms with Gasteiger partial charge in [0.15, 0.2) is 11.6 Å². The lowest BCUT2D eigenvalue weighted by Crippen LogP contribution is -2.52. The third-order valence-electron chi connectivity index (χ3n) is 4.12.